The lowest BCUT2D eigenvalue weighted by Gasteiger charge is -2.12. The quantitative estimate of drug-likeness (QED) is 0.664. The second kappa shape index (κ2) is 4.43. The van der Waals surface area contributed by atoms with Crippen molar-refractivity contribution in [3.05, 3.63) is 22.8 Å². The van der Waals surface area contributed by atoms with E-state index in [1.165, 1.54) is 10.4 Å². The number of nitrogen functional groups attached to an aromatic ring is 1. The normalized spacial score (nSPS) is 14.4. The minimum atomic E-state index is 0.482. The third-order valence-electron chi connectivity index (χ3n) is 3.25. The zero-order chi connectivity index (χ0) is 13.5. The van der Waals surface area contributed by atoms with Gasteiger partial charge in [0, 0.05) is 11.1 Å². The van der Waals surface area contributed by atoms with Crippen molar-refractivity contribution in [1.29, 1.82) is 0 Å². The van der Waals surface area contributed by atoms with Crippen molar-refractivity contribution in [3.8, 4) is 0 Å². The Morgan fingerprint density at radius 1 is 1.40 bits per heavy atom. The van der Waals surface area contributed by atoms with Crippen molar-refractivity contribution < 1.29 is 4.74 Å². The molecule has 3 aromatic heterocycles. The lowest BCUT2D eigenvalue weighted by Crippen LogP contribution is -2.07. The third kappa shape index (κ3) is 1.81. The summed E-state index contributed by atoms with van der Waals surface area (Å²) in [6.07, 6.45) is 4.27. The molecule has 0 spiro atoms. The second-order valence-corrected chi connectivity index (χ2v) is 5.61. The minimum absolute atomic E-state index is 0.482. The highest BCUT2D eigenvalue weighted by Gasteiger charge is 2.20. The molecule has 1 aliphatic heterocycles. The summed E-state index contributed by atoms with van der Waals surface area (Å²) >= 11 is 1.62. The molecule has 0 saturated heterocycles. The average molecular weight is 288 g/mol. The molecular weight excluding hydrogens is 276 g/mol. The number of hydrogen-bond acceptors (Lipinski definition) is 7. The molecule has 8 heteroatoms. The molecule has 0 amide bonds. The van der Waals surface area contributed by atoms with Crippen molar-refractivity contribution in [2.45, 2.75) is 13.0 Å². The Kier molecular flexibility index (Phi) is 2.57. The summed E-state index contributed by atoms with van der Waals surface area (Å²) in [5, 5.41) is 10.7. The maximum absolute atomic E-state index is 6.11. The van der Waals surface area contributed by atoms with Crippen LogP contribution in [0.15, 0.2) is 12.4 Å². The fourth-order valence-electron chi connectivity index (χ4n) is 2.36. The van der Waals surface area contributed by atoms with E-state index in [4.69, 9.17) is 10.5 Å². The van der Waals surface area contributed by atoms with Gasteiger partial charge >= 0.3 is 0 Å². The lowest BCUT2D eigenvalue weighted by molar-refractivity contribution is 0.114. The molecule has 0 atom stereocenters. The average Bonchev–Trinajstić information content (AvgIpc) is 3.05. The van der Waals surface area contributed by atoms with Crippen LogP contribution in [0.2, 0.25) is 0 Å². The van der Waals surface area contributed by atoms with Crippen LogP contribution >= 0.6 is 11.3 Å². The fourth-order valence-corrected chi connectivity index (χ4v) is 3.52. The molecular formula is C12H12N6OS. The van der Waals surface area contributed by atoms with Crippen molar-refractivity contribution in [1.82, 2.24) is 20.2 Å². The summed E-state index contributed by atoms with van der Waals surface area (Å²) in [5.74, 6) is 0.997. The number of aromatic amines is 1. The number of fused-ring (bicyclic) bond motifs is 3. The number of hydrogen-bond donors (Lipinski definition) is 3. The highest BCUT2D eigenvalue weighted by molar-refractivity contribution is 7.19. The number of nitrogens with one attached hydrogen (secondary N) is 2. The van der Waals surface area contributed by atoms with E-state index in [0.717, 1.165) is 28.9 Å². The minimum Gasteiger partial charge on any atom is -0.383 e. The topological polar surface area (TPSA) is 102 Å². The molecule has 4 rings (SSSR count). The predicted octanol–water partition coefficient (Wildman–Crippen LogP) is 1.81. The number of rotatable bonds is 2. The predicted molar refractivity (Wildman–Crippen MR) is 77.1 cm³/mol. The van der Waals surface area contributed by atoms with E-state index in [-0.39, 0.29) is 0 Å². The van der Waals surface area contributed by atoms with Gasteiger partial charge in [-0.05, 0) is 12.0 Å². The van der Waals surface area contributed by atoms with Gasteiger partial charge in [-0.3, -0.25) is 5.10 Å². The van der Waals surface area contributed by atoms with Gasteiger partial charge in [-0.1, -0.05) is 0 Å². The van der Waals surface area contributed by atoms with Crippen LogP contribution in [0.25, 0.3) is 10.2 Å². The number of ether oxygens (including phenoxy) is 1. The van der Waals surface area contributed by atoms with Crippen LogP contribution in [0.1, 0.15) is 10.4 Å². The van der Waals surface area contributed by atoms with Crippen LogP contribution in [0, 0.1) is 0 Å². The Hall–Kier alpha value is -2.19. The molecule has 3 aromatic rings. The molecule has 0 saturated carbocycles. The van der Waals surface area contributed by atoms with Gasteiger partial charge in [0.1, 0.15) is 10.6 Å². The second-order valence-electron chi connectivity index (χ2n) is 4.53. The molecule has 20 heavy (non-hydrogen) atoms. The van der Waals surface area contributed by atoms with Gasteiger partial charge in [0.05, 0.1) is 30.5 Å². The van der Waals surface area contributed by atoms with Crippen molar-refractivity contribution >= 4 is 39.0 Å². The van der Waals surface area contributed by atoms with Gasteiger partial charge in [-0.2, -0.15) is 10.1 Å². The highest BCUT2D eigenvalue weighted by atomic mass is 32.1. The first-order valence-electron chi connectivity index (χ1n) is 6.22. The van der Waals surface area contributed by atoms with E-state index in [0.29, 0.717) is 18.4 Å². The Labute approximate surface area is 118 Å². The third-order valence-corrected chi connectivity index (χ3v) is 4.35. The number of H-pyrrole nitrogens is 1. The molecule has 0 radical (unpaired) electrons. The Balaban J connectivity index is 1.82. The molecule has 0 aliphatic carbocycles. The zero-order valence-corrected chi connectivity index (χ0v) is 11.3. The molecule has 1 aliphatic rings. The SMILES string of the molecule is Nc1nc(Nc2cn[nH]c2)nc2sc3c(c12)CCOC3. The molecule has 0 unspecified atom stereocenters. The van der Waals surface area contributed by atoms with Crippen LogP contribution in [-0.4, -0.2) is 26.8 Å². The van der Waals surface area contributed by atoms with E-state index < -0.39 is 0 Å². The Morgan fingerprint density at radius 2 is 2.35 bits per heavy atom. The molecule has 0 aromatic carbocycles. The molecule has 4 N–H and O–H groups in total. The summed E-state index contributed by atoms with van der Waals surface area (Å²) in [5.41, 5.74) is 8.14. The summed E-state index contributed by atoms with van der Waals surface area (Å²) in [6.45, 7) is 1.37. The van der Waals surface area contributed by atoms with Gasteiger partial charge in [0.25, 0.3) is 0 Å². The number of nitrogens with two attached hydrogens (primary N) is 1. The van der Waals surface area contributed by atoms with E-state index >= 15 is 0 Å². The van der Waals surface area contributed by atoms with Gasteiger partial charge in [0.2, 0.25) is 5.95 Å². The van der Waals surface area contributed by atoms with Crippen LogP contribution in [0.4, 0.5) is 17.5 Å². The molecule has 0 bridgehead atoms. The molecule has 7 nitrogen and oxygen atoms in total. The smallest absolute Gasteiger partial charge is 0.230 e. The molecule has 4 heterocycles. The van der Waals surface area contributed by atoms with Crippen LogP contribution in [-0.2, 0) is 17.8 Å². The fraction of sp³-hybridized carbons (Fsp3) is 0.250. The van der Waals surface area contributed by atoms with Crippen molar-refractivity contribution in [2.24, 2.45) is 0 Å². The van der Waals surface area contributed by atoms with Gasteiger partial charge in [-0.25, -0.2) is 4.98 Å². The van der Waals surface area contributed by atoms with E-state index in [1.54, 1.807) is 23.7 Å². The van der Waals surface area contributed by atoms with E-state index in [2.05, 4.69) is 25.5 Å². The van der Waals surface area contributed by atoms with Gasteiger partial charge in [-0.15, -0.1) is 11.3 Å². The summed E-state index contributed by atoms with van der Waals surface area (Å²) in [7, 11) is 0. The summed E-state index contributed by atoms with van der Waals surface area (Å²) in [6, 6.07) is 0. The highest BCUT2D eigenvalue weighted by Crippen LogP contribution is 2.36. The molecule has 0 fully saturated rings. The van der Waals surface area contributed by atoms with E-state index in [1.807, 2.05) is 0 Å². The number of nitrogens with zero attached hydrogens (tertiary/aromatic N) is 3. The maximum atomic E-state index is 6.11. The van der Waals surface area contributed by atoms with Gasteiger partial charge < -0.3 is 15.8 Å². The zero-order valence-electron chi connectivity index (χ0n) is 10.5. The number of aromatic nitrogens is 4. The van der Waals surface area contributed by atoms with Crippen molar-refractivity contribution in [3.63, 3.8) is 0 Å². The first-order chi connectivity index (χ1) is 9.81. The number of anilines is 3. The standard InChI is InChI=1S/C12H12N6OS/c13-10-9-7-1-2-19-5-8(7)20-11(9)18-12(17-10)16-6-3-14-15-4-6/h3-4H,1-2,5H2,(H,14,15)(H3,13,16,17,18). The van der Waals surface area contributed by atoms with Crippen molar-refractivity contribution in [2.75, 3.05) is 17.7 Å². The first kappa shape index (κ1) is 11.6. The van der Waals surface area contributed by atoms with E-state index in [9.17, 15) is 0 Å². The van der Waals surface area contributed by atoms with Crippen LogP contribution in [0.5, 0.6) is 0 Å². The number of thiophene rings is 1. The molecule has 102 valence electrons. The largest absolute Gasteiger partial charge is 0.383 e. The maximum Gasteiger partial charge on any atom is 0.230 e. The lowest BCUT2D eigenvalue weighted by atomic mass is 10.1. The van der Waals surface area contributed by atoms with Crippen LogP contribution in [0.3, 0.4) is 0 Å². The van der Waals surface area contributed by atoms with Gasteiger partial charge in [0.15, 0.2) is 0 Å². The monoisotopic (exact) mass is 288 g/mol. The first-order valence-corrected chi connectivity index (χ1v) is 7.04. The Morgan fingerprint density at radius 3 is 3.20 bits per heavy atom. The summed E-state index contributed by atoms with van der Waals surface area (Å²) < 4.78 is 5.47. The summed E-state index contributed by atoms with van der Waals surface area (Å²) in [4.78, 5) is 11.0. The van der Waals surface area contributed by atoms with Crippen LogP contribution < -0.4 is 11.1 Å². The Bertz CT molecular complexity index is 766.